The maximum absolute atomic E-state index is 4.91. The van der Waals surface area contributed by atoms with Crippen LogP contribution in [0.4, 0.5) is 0 Å². The molecule has 4 heteroatoms. The van der Waals surface area contributed by atoms with Gasteiger partial charge in [-0.3, -0.25) is 0 Å². The van der Waals surface area contributed by atoms with Gasteiger partial charge in [-0.05, 0) is 53.6 Å². The van der Waals surface area contributed by atoms with Crippen LogP contribution in [0.25, 0.3) is 75.5 Å². The Morgan fingerprint density at radius 3 is 1.91 bits per heavy atom. The number of para-hydroxylation sites is 1. The number of hydrogen-bond donors (Lipinski definition) is 2. The van der Waals surface area contributed by atoms with E-state index in [1.54, 1.807) is 11.3 Å². The molecule has 8 aromatic rings. The van der Waals surface area contributed by atoms with Gasteiger partial charge in [0, 0.05) is 49.2 Å². The van der Waals surface area contributed by atoms with Crippen molar-refractivity contribution in [2.24, 2.45) is 0 Å². The molecule has 35 heavy (non-hydrogen) atoms. The molecule has 0 fully saturated rings. The summed E-state index contributed by atoms with van der Waals surface area (Å²) in [5.74, 6) is 0. The molecule has 0 aliphatic carbocycles. The van der Waals surface area contributed by atoms with Crippen molar-refractivity contribution >= 4 is 65.2 Å². The second-order valence-electron chi connectivity index (χ2n) is 9.07. The van der Waals surface area contributed by atoms with Crippen molar-refractivity contribution in [2.45, 2.75) is 0 Å². The standard InChI is InChI=1S/C31H19N3S/c1-2-6-18(7-3-1)31-34-29-17-28-24(16-30(29)35-31)23-15-20(11-13-27(23)33-28)19-10-12-26-22(14-19)21-8-4-5-9-25(21)32-26/h1-17,32-33H. The smallest absolute Gasteiger partial charge is 0.124 e. The first-order valence-electron chi connectivity index (χ1n) is 11.7. The Labute approximate surface area is 204 Å². The quantitative estimate of drug-likeness (QED) is 0.263. The predicted octanol–water partition coefficient (Wildman–Crippen LogP) is 8.90. The van der Waals surface area contributed by atoms with E-state index in [1.165, 1.54) is 48.4 Å². The summed E-state index contributed by atoms with van der Waals surface area (Å²) in [7, 11) is 0. The first kappa shape index (κ1) is 19.0. The largest absolute Gasteiger partial charge is 0.355 e. The summed E-state index contributed by atoms with van der Waals surface area (Å²) in [6.07, 6.45) is 0. The minimum absolute atomic E-state index is 1.04. The van der Waals surface area contributed by atoms with Gasteiger partial charge in [0.2, 0.25) is 0 Å². The number of nitrogens with zero attached hydrogens (tertiary/aromatic N) is 1. The van der Waals surface area contributed by atoms with Crippen molar-refractivity contribution in [2.75, 3.05) is 0 Å². The summed E-state index contributed by atoms with van der Waals surface area (Å²) < 4.78 is 1.21. The maximum atomic E-state index is 4.91. The molecule has 2 N–H and O–H groups in total. The molecule has 164 valence electrons. The van der Waals surface area contributed by atoms with Crippen LogP contribution in [-0.2, 0) is 0 Å². The van der Waals surface area contributed by atoms with Crippen molar-refractivity contribution in [1.29, 1.82) is 0 Å². The molecule has 0 bridgehead atoms. The summed E-state index contributed by atoms with van der Waals surface area (Å²) >= 11 is 1.75. The Balaban J connectivity index is 1.30. The van der Waals surface area contributed by atoms with Gasteiger partial charge in [0.05, 0.1) is 10.2 Å². The van der Waals surface area contributed by atoms with Crippen molar-refractivity contribution in [3.05, 3.63) is 103 Å². The third-order valence-corrected chi connectivity index (χ3v) is 8.03. The molecule has 0 aliphatic heterocycles. The van der Waals surface area contributed by atoms with Crippen molar-refractivity contribution < 1.29 is 0 Å². The number of benzene rings is 5. The van der Waals surface area contributed by atoms with E-state index in [-0.39, 0.29) is 0 Å². The zero-order valence-electron chi connectivity index (χ0n) is 18.7. The number of rotatable bonds is 2. The molecule has 3 aromatic heterocycles. The number of aromatic nitrogens is 3. The number of aromatic amines is 2. The van der Waals surface area contributed by atoms with E-state index < -0.39 is 0 Å². The van der Waals surface area contributed by atoms with Crippen LogP contribution < -0.4 is 0 Å². The average Bonchev–Trinajstić information content (AvgIpc) is 3.59. The highest BCUT2D eigenvalue weighted by Gasteiger charge is 2.12. The highest BCUT2D eigenvalue weighted by atomic mass is 32.1. The molecule has 0 spiro atoms. The first-order chi connectivity index (χ1) is 17.3. The van der Waals surface area contributed by atoms with Gasteiger partial charge in [-0.15, -0.1) is 11.3 Å². The summed E-state index contributed by atoms with van der Waals surface area (Å²) in [4.78, 5) is 12.0. The lowest BCUT2D eigenvalue weighted by molar-refractivity contribution is 1.47. The van der Waals surface area contributed by atoms with Gasteiger partial charge in [-0.25, -0.2) is 4.98 Å². The molecule has 0 radical (unpaired) electrons. The van der Waals surface area contributed by atoms with Gasteiger partial charge in [0.25, 0.3) is 0 Å². The first-order valence-corrected chi connectivity index (χ1v) is 12.5. The Morgan fingerprint density at radius 1 is 0.486 bits per heavy atom. The highest BCUT2D eigenvalue weighted by molar-refractivity contribution is 7.21. The van der Waals surface area contributed by atoms with E-state index in [4.69, 9.17) is 4.98 Å². The molecule has 3 heterocycles. The zero-order chi connectivity index (χ0) is 22.9. The van der Waals surface area contributed by atoms with Crippen molar-refractivity contribution in [3.8, 4) is 21.7 Å². The molecular formula is C31H19N3S. The lowest BCUT2D eigenvalue weighted by atomic mass is 10.0. The summed E-state index contributed by atoms with van der Waals surface area (Å²) in [6, 6.07) is 36.8. The van der Waals surface area contributed by atoms with E-state index in [0.717, 1.165) is 27.1 Å². The van der Waals surface area contributed by atoms with E-state index in [1.807, 2.05) is 6.07 Å². The van der Waals surface area contributed by atoms with Crippen LogP contribution in [0.15, 0.2) is 103 Å². The second kappa shape index (κ2) is 7.05. The van der Waals surface area contributed by atoms with Crippen molar-refractivity contribution in [3.63, 3.8) is 0 Å². The zero-order valence-corrected chi connectivity index (χ0v) is 19.5. The third kappa shape index (κ3) is 2.87. The monoisotopic (exact) mass is 465 g/mol. The van der Waals surface area contributed by atoms with Crippen molar-refractivity contribution in [1.82, 2.24) is 15.0 Å². The van der Waals surface area contributed by atoms with Gasteiger partial charge in [0.1, 0.15) is 5.01 Å². The van der Waals surface area contributed by atoms with Gasteiger partial charge < -0.3 is 9.97 Å². The minimum atomic E-state index is 1.04. The number of H-pyrrole nitrogens is 2. The van der Waals surface area contributed by atoms with E-state index >= 15 is 0 Å². The van der Waals surface area contributed by atoms with Gasteiger partial charge in [-0.1, -0.05) is 60.7 Å². The molecule has 8 rings (SSSR count). The highest BCUT2D eigenvalue weighted by Crippen LogP contribution is 2.37. The molecule has 0 unspecified atom stereocenters. The van der Waals surface area contributed by atoms with Crippen LogP contribution in [-0.4, -0.2) is 15.0 Å². The second-order valence-corrected chi connectivity index (χ2v) is 10.1. The van der Waals surface area contributed by atoms with Crippen LogP contribution in [0.1, 0.15) is 0 Å². The third-order valence-electron chi connectivity index (χ3n) is 6.97. The number of fused-ring (bicyclic) bond motifs is 7. The fourth-order valence-electron chi connectivity index (χ4n) is 5.23. The molecular weight excluding hydrogens is 446 g/mol. The summed E-state index contributed by atoms with van der Waals surface area (Å²) in [6.45, 7) is 0. The van der Waals surface area contributed by atoms with Gasteiger partial charge in [0.15, 0.2) is 0 Å². The topological polar surface area (TPSA) is 44.5 Å². The lowest BCUT2D eigenvalue weighted by Gasteiger charge is -2.03. The molecule has 0 saturated heterocycles. The van der Waals surface area contributed by atoms with Gasteiger partial charge >= 0.3 is 0 Å². The Morgan fingerprint density at radius 2 is 1.11 bits per heavy atom. The minimum Gasteiger partial charge on any atom is -0.355 e. The maximum Gasteiger partial charge on any atom is 0.124 e. The number of thiazole rings is 1. The van der Waals surface area contributed by atoms with E-state index in [2.05, 4.69) is 107 Å². The molecule has 0 saturated carbocycles. The molecule has 5 aromatic carbocycles. The fourth-order valence-corrected chi connectivity index (χ4v) is 6.22. The van der Waals surface area contributed by atoms with Crippen LogP contribution in [0, 0.1) is 0 Å². The van der Waals surface area contributed by atoms with Crippen LogP contribution in [0.5, 0.6) is 0 Å². The summed E-state index contributed by atoms with van der Waals surface area (Å²) in [5.41, 5.74) is 9.28. The molecule has 3 nitrogen and oxygen atoms in total. The Hall–Kier alpha value is -4.41. The Bertz CT molecular complexity index is 2060. The molecule has 0 aliphatic rings. The van der Waals surface area contributed by atoms with E-state index in [0.29, 0.717) is 0 Å². The Kier molecular flexibility index (Phi) is 3.82. The molecule has 0 amide bonds. The summed E-state index contributed by atoms with van der Waals surface area (Å²) in [5, 5.41) is 6.07. The number of nitrogens with one attached hydrogen (secondary N) is 2. The number of hydrogen-bond acceptors (Lipinski definition) is 2. The van der Waals surface area contributed by atoms with Crippen LogP contribution in [0.2, 0.25) is 0 Å². The van der Waals surface area contributed by atoms with Crippen LogP contribution >= 0.6 is 11.3 Å². The average molecular weight is 466 g/mol. The lowest BCUT2D eigenvalue weighted by Crippen LogP contribution is -1.79. The van der Waals surface area contributed by atoms with Crippen LogP contribution in [0.3, 0.4) is 0 Å². The van der Waals surface area contributed by atoms with E-state index in [9.17, 15) is 0 Å². The fraction of sp³-hybridized carbons (Fsp3) is 0. The predicted molar refractivity (Wildman–Crippen MR) is 149 cm³/mol. The van der Waals surface area contributed by atoms with Gasteiger partial charge in [-0.2, -0.15) is 0 Å². The normalized spacial score (nSPS) is 12.0. The SMILES string of the molecule is c1ccc(-c2nc3cc4[nH]c5ccc(-c6ccc7[nH]c8ccccc8c7c6)cc5c4cc3s2)cc1. The molecule has 0 atom stereocenters.